The first-order chi connectivity index (χ1) is 13.0. The van der Waals surface area contributed by atoms with E-state index >= 15 is 0 Å². The van der Waals surface area contributed by atoms with E-state index in [9.17, 15) is 9.59 Å². The zero-order valence-corrected chi connectivity index (χ0v) is 15.9. The molecule has 0 aliphatic carbocycles. The summed E-state index contributed by atoms with van der Waals surface area (Å²) in [5.41, 5.74) is 1.80. The number of likely N-dealkylation sites (N-methyl/N-ethyl adjacent to an activating group) is 1. The van der Waals surface area contributed by atoms with Crippen LogP contribution in [0.4, 0.5) is 0 Å². The number of benzene rings is 2. The van der Waals surface area contributed by atoms with Gasteiger partial charge in [-0.05, 0) is 31.6 Å². The van der Waals surface area contributed by atoms with Crippen LogP contribution in [-0.4, -0.2) is 37.0 Å². The van der Waals surface area contributed by atoms with Crippen molar-refractivity contribution < 1.29 is 19.1 Å². The van der Waals surface area contributed by atoms with Crippen molar-refractivity contribution in [2.75, 3.05) is 20.3 Å². The van der Waals surface area contributed by atoms with Gasteiger partial charge in [-0.2, -0.15) is 0 Å². The molecule has 0 radical (unpaired) electrons. The predicted molar refractivity (Wildman–Crippen MR) is 105 cm³/mol. The molecule has 0 saturated heterocycles. The van der Waals surface area contributed by atoms with Gasteiger partial charge in [-0.25, -0.2) is 4.79 Å². The summed E-state index contributed by atoms with van der Waals surface area (Å²) in [7, 11) is 1.70. The molecule has 27 heavy (non-hydrogen) atoms. The lowest BCUT2D eigenvalue weighted by atomic mass is 10.1. The summed E-state index contributed by atoms with van der Waals surface area (Å²) in [5.74, 6) is -0.144. The largest absolute Gasteiger partial charge is 0.493 e. The van der Waals surface area contributed by atoms with E-state index in [1.165, 1.54) is 6.08 Å². The first kappa shape index (κ1) is 20.2. The zero-order valence-electron chi connectivity index (χ0n) is 15.9. The Morgan fingerprint density at radius 1 is 1.07 bits per heavy atom. The number of esters is 1. The SMILES string of the molecule is CCOc1ccccc1/C=C/C(=O)OCC(=O)N(C)[C@H](C)c1ccccc1. The first-order valence-corrected chi connectivity index (χ1v) is 8.90. The highest BCUT2D eigenvalue weighted by atomic mass is 16.5. The molecular formula is C22H25NO4. The van der Waals surface area contributed by atoms with E-state index < -0.39 is 5.97 Å². The molecule has 0 aliphatic rings. The van der Waals surface area contributed by atoms with E-state index in [4.69, 9.17) is 9.47 Å². The molecule has 0 fully saturated rings. The number of ether oxygens (including phenoxy) is 2. The van der Waals surface area contributed by atoms with Crippen molar-refractivity contribution in [2.24, 2.45) is 0 Å². The molecule has 0 spiro atoms. The van der Waals surface area contributed by atoms with E-state index in [2.05, 4.69) is 0 Å². The second kappa shape index (κ2) is 10.2. The van der Waals surface area contributed by atoms with Gasteiger partial charge >= 0.3 is 5.97 Å². The van der Waals surface area contributed by atoms with Gasteiger partial charge < -0.3 is 14.4 Å². The van der Waals surface area contributed by atoms with Gasteiger partial charge in [0.25, 0.3) is 5.91 Å². The summed E-state index contributed by atoms with van der Waals surface area (Å²) < 4.78 is 10.6. The van der Waals surface area contributed by atoms with E-state index in [0.717, 1.165) is 11.1 Å². The molecule has 1 atom stereocenters. The van der Waals surface area contributed by atoms with Crippen LogP contribution in [0.15, 0.2) is 60.7 Å². The number of para-hydroxylation sites is 1. The normalized spacial score (nSPS) is 11.8. The van der Waals surface area contributed by atoms with Crippen molar-refractivity contribution in [3.63, 3.8) is 0 Å². The van der Waals surface area contributed by atoms with Crippen LogP contribution in [-0.2, 0) is 14.3 Å². The second-order valence-corrected chi connectivity index (χ2v) is 6.00. The number of hydrogen-bond donors (Lipinski definition) is 0. The lowest BCUT2D eigenvalue weighted by Gasteiger charge is -2.25. The molecule has 0 aromatic heterocycles. The maximum atomic E-state index is 12.3. The van der Waals surface area contributed by atoms with Crippen molar-refractivity contribution >= 4 is 18.0 Å². The number of rotatable bonds is 8. The third-order valence-electron chi connectivity index (χ3n) is 4.21. The van der Waals surface area contributed by atoms with Crippen LogP contribution >= 0.6 is 0 Å². The second-order valence-electron chi connectivity index (χ2n) is 6.00. The quantitative estimate of drug-likeness (QED) is 0.525. The molecule has 142 valence electrons. The van der Waals surface area contributed by atoms with Crippen molar-refractivity contribution in [3.8, 4) is 5.75 Å². The van der Waals surface area contributed by atoms with Crippen LogP contribution < -0.4 is 4.74 Å². The van der Waals surface area contributed by atoms with Gasteiger partial charge in [-0.3, -0.25) is 4.79 Å². The Balaban J connectivity index is 1.88. The van der Waals surface area contributed by atoms with Gasteiger partial charge in [0.05, 0.1) is 12.6 Å². The molecule has 2 aromatic carbocycles. The molecule has 5 nitrogen and oxygen atoms in total. The molecule has 0 unspecified atom stereocenters. The van der Waals surface area contributed by atoms with Crippen molar-refractivity contribution in [2.45, 2.75) is 19.9 Å². The van der Waals surface area contributed by atoms with E-state index in [1.54, 1.807) is 18.0 Å². The molecule has 1 amide bonds. The molecule has 0 N–H and O–H groups in total. The number of amides is 1. The lowest BCUT2D eigenvalue weighted by molar-refractivity contribution is -0.148. The van der Waals surface area contributed by atoms with Crippen LogP contribution in [0.1, 0.15) is 31.0 Å². The molecule has 0 heterocycles. The summed E-state index contributed by atoms with van der Waals surface area (Å²) in [6, 6.07) is 17.0. The topological polar surface area (TPSA) is 55.8 Å². The molecule has 2 aromatic rings. The average molecular weight is 367 g/mol. The van der Waals surface area contributed by atoms with Crippen LogP contribution in [0.5, 0.6) is 5.75 Å². The molecule has 5 heteroatoms. The van der Waals surface area contributed by atoms with Gasteiger partial charge in [0.2, 0.25) is 0 Å². The van der Waals surface area contributed by atoms with Crippen LogP contribution in [0.2, 0.25) is 0 Å². The molecule has 2 rings (SSSR count). The highest BCUT2D eigenvalue weighted by Crippen LogP contribution is 2.20. The Labute approximate surface area is 160 Å². The van der Waals surface area contributed by atoms with E-state index in [-0.39, 0.29) is 18.6 Å². The number of carbonyl (C=O) groups excluding carboxylic acids is 2. The average Bonchev–Trinajstić information content (AvgIpc) is 2.71. The Morgan fingerprint density at radius 3 is 2.44 bits per heavy atom. The summed E-state index contributed by atoms with van der Waals surface area (Å²) in [6.07, 6.45) is 2.92. The standard InChI is InChI=1S/C22H25NO4/c1-4-26-20-13-9-8-12-19(20)14-15-22(25)27-16-21(24)23(3)17(2)18-10-6-5-7-11-18/h5-15,17H,4,16H2,1-3H3/b15-14+/t17-/m1/s1. The van der Waals surface area contributed by atoms with Gasteiger partial charge in [0.1, 0.15) is 5.75 Å². The monoisotopic (exact) mass is 367 g/mol. The van der Waals surface area contributed by atoms with Gasteiger partial charge in [-0.15, -0.1) is 0 Å². The van der Waals surface area contributed by atoms with Crippen molar-refractivity contribution in [1.82, 2.24) is 4.90 Å². The Kier molecular flexibility index (Phi) is 7.62. The minimum atomic E-state index is -0.574. The maximum absolute atomic E-state index is 12.3. The van der Waals surface area contributed by atoms with Gasteiger partial charge in [-0.1, -0.05) is 48.5 Å². The lowest BCUT2D eigenvalue weighted by Crippen LogP contribution is -2.33. The molecule has 0 bridgehead atoms. The Bertz CT molecular complexity index is 786. The third kappa shape index (κ3) is 5.99. The summed E-state index contributed by atoms with van der Waals surface area (Å²) in [5, 5.41) is 0. The zero-order chi connectivity index (χ0) is 19.6. The number of hydrogen-bond acceptors (Lipinski definition) is 4. The minimum absolute atomic E-state index is 0.106. The molecule has 0 saturated carbocycles. The maximum Gasteiger partial charge on any atom is 0.331 e. The van der Waals surface area contributed by atoms with Gasteiger partial charge in [0.15, 0.2) is 6.61 Å². The first-order valence-electron chi connectivity index (χ1n) is 8.90. The minimum Gasteiger partial charge on any atom is -0.493 e. The van der Waals surface area contributed by atoms with Crippen LogP contribution in [0.3, 0.4) is 0 Å². The van der Waals surface area contributed by atoms with Crippen LogP contribution in [0.25, 0.3) is 6.08 Å². The van der Waals surface area contributed by atoms with Crippen molar-refractivity contribution in [1.29, 1.82) is 0 Å². The Hall–Kier alpha value is -3.08. The van der Waals surface area contributed by atoms with Crippen molar-refractivity contribution in [3.05, 3.63) is 71.8 Å². The third-order valence-corrected chi connectivity index (χ3v) is 4.21. The smallest absolute Gasteiger partial charge is 0.331 e. The summed E-state index contributed by atoms with van der Waals surface area (Å²) >= 11 is 0. The fourth-order valence-electron chi connectivity index (χ4n) is 2.52. The Morgan fingerprint density at radius 2 is 1.74 bits per heavy atom. The predicted octanol–water partition coefficient (Wildman–Crippen LogP) is 3.86. The fraction of sp³-hybridized carbons (Fsp3) is 0.273. The van der Waals surface area contributed by atoms with E-state index in [0.29, 0.717) is 12.4 Å². The fourth-order valence-corrected chi connectivity index (χ4v) is 2.52. The summed E-state index contributed by atoms with van der Waals surface area (Å²) in [6.45, 7) is 4.06. The number of nitrogens with zero attached hydrogens (tertiary/aromatic N) is 1. The van der Waals surface area contributed by atoms with Crippen LogP contribution in [0, 0.1) is 0 Å². The summed E-state index contributed by atoms with van der Waals surface area (Å²) in [4.78, 5) is 25.8. The highest BCUT2D eigenvalue weighted by molar-refractivity contribution is 5.89. The molecule has 0 aliphatic heterocycles. The molecular weight excluding hydrogens is 342 g/mol. The highest BCUT2D eigenvalue weighted by Gasteiger charge is 2.18. The number of carbonyl (C=O) groups is 2. The van der Waals surface area contributed by atoms with E-state index in [1.807, 2.05) is 68.4 Å². The van der Waals surface area contributed by atoms with Gasteiger partial charge in [0, 0.05) is 18.7 Å².